The normalized spacial score (nSPS) is 17.3. The second kappa shape index (κ2) is 10.5. The molecule has 1 aliphatic heterocycles. The van der Waals surface area contributed by atoms with Crippen molar-refractivity contribution in [2.45, 2.75) is 57.1 Å². The van der Waals surface area contributed by atoms with Gasteiger partial charge in [0.05, 0.1) is 11.0 Å². The minimum atomic E-state index is -0.920. The highest BCUT2D eigenvalue weighted by molar-refractivity contribution is 6.04. The molecule has 1 aromatic carbocycles. The number of nitro benzene ring substituents is 1. The lowest BCUT2D eigenvalue weighted by atomic mass is 10.0. The first-order chi connectivity index (χ1) is 13.8. The van der Waals surface area contributed by atoms with Crippen LogP contribution >= 0.6 is 0 Å². The van der Waals surface area contributed by atoms with Crippen molar-refractivity contribution in [3.05, 3.63) is 39.9 Å². The Labute approximate surface area is 167 Å². The lowest BCUT2D eigenvalue weighted by Crippen LogP contribution is -2.36. The van der Waals surface area contributed by atoms with Gasteiger partial charge in [-0.2, -0.15) is 0 Å². The van der Waals surface area contributed by atoms with E-state index in [0.717, 1.165) is 12.8 Å². The molecule has 0 radical (unpaired) electrons. The zero-order valence-corrected chi connectivity index (χ0v) is 16.0. The number of amides is 3. The number of carbonyl (C=O) groups excluding carboxylic acids is 2. The van der Waals surface area contributed by atoms with E-state index < -0.39 is 29.1 Å². The number of urea groups is 1. The molecule has 1 heterocycles. The summed E-state index contributed by atoms with van der Waals surface area (Å²) in [6.45, 7) is 0.166. The molecule has 158 valence electrons. The Hall–Kier alpha value is -3.01. The SMILES string of the molecule is O=C(O)CCCCCCC1C(=O)NC(=O)N1CCC(O)c1ccc([N+](=O)[O-])cc1. The van der Waals surface area contributed by atoms with Crippen LogP contribution in [0, 0.1) is 10.1 Å². The highest BCUT2D eigenvalue weighted by Gasteiger charge is 2.37. The van der Waals surface area contributed by atoms with Gasteiger partial charge in [-0.3, -0.25) is 25.0 Å². The Bertz CT molecular complexity index is 751. The van der Waals surface area contributed by atoms with Crippen LogP contribution in [-0.2, 0) is 9.59 Å². The van der Waals surface area contributed by atoms with Crippen LogP contribution in [0.15, 0.2) is 24.3 Å². The van der Waals surface area contributed by atoms with Gasteiger partial charge in [0, 0.05) is 25.1 Å². The van der Waals surface area contributed by atoms with Crippen molar-refractivity contribution in [2.24, 2.45) is 0 Å². The van der Waals surface area contributed by atoms with E-state index >= 15 is 0 Å². The summed E-state index contributed by atoms with van der Waals surface area (Å²) in [5.41, 5.74) is 0.422. The first kappa shape index (κ1) is 22.3. The second-order valence-electron chi connectivity index (χ2n) is 7.00. The number of aliphatic hydroxyl groups excluding tert-OH is 1. The maximum absolute atomic E-state index is 12.0. The Balaban J connectivity index is 1.83. The van der Waals surface area contributed by atoms with Gasteiger partial charge in [-0.25, -0.2) is 4.79 Å². The van der Waals surface area contributed by atoms with E-state index in [1.54, 1.807) is 0 Å². The smallest absolute Gasteiger partial charge is 0.324 e. The highest BCUT2D eigenvalue weighted by atomic mass is 16.6. The number of imide groups is 1. The number of rotatable bonds is 12. The van der Waals surface area contributed by atoms with Crippen molar-refractivity contribution in [1.82, 2.24) is 10.2 Å². The molecule has 1 saturated heterocycles. The van der Waals surface area contributed by atoms with Gasteiger partial charge in [0.15, 0.2) is 0 Å². The van der Waals surface area contributed by atoms with Gasteiger partial charge in [-0.15, -0.1) is 0 Å². The number of nitrogens with one attached hydrogen (secondary N) is 1. The summed E-state index contributed by atoms with van der Waals surface area (Å²) < 4.78 is 0. The largest absolute Gasteiger partial charge is 0.481 e. The van der Waals surface area contributed by atoms with Gasteiger partial charge >= 0.3 is 12.0 Å². The topological polar surface area (TPSA) is 150 Å². The highest BCUT2D eigenvalue weighted by Crippen LogP contribution is 2.23. The fraction of sp³-hybridized carbons (Fsp3) is 0.526. The Kier molecular flexibility index (Phi) is 8.08. The van der Waals surface area contributed by atoms with Crippen molar-refractivity contribution in [3.63, 3.8) is 0 Å². The zero-order chi connectivity index (χ0) is 21.4. The summed E-state index contributed by atoms with van der Waals surface area (Å²) >= 11 is 0. The molecule has 2 atom stereocenters. The number of unbranched alkanes of at least 4 members (excludes halogenated alkanes) is 3. The van der Waals surface area contributed by atoms with Crippen LogP contribution in [0.25, 0.3) is 0 Å². The number of benzene rings is 1. The van der Waals surface area contributed by atoms with Crippen LogP contribution in [0.5, 0.6) is 0 Å². The first-order valence-corrected chi connectivity index (χ1v) is 9.55. The Morgan fingerprint density at radius 3 is 2.45 bits per heavy atom. The summed E-state index contributed by atoms with van der Waals surface area (Å²) in [5, 5.41) is 31.9. The molecule has 10 nitrogen and oxygen atoms in total. The van der Waals surface area contributed by atoms with Crippen molar-refractivity contribution in [1.29, 1.82) is 0 Å². The molecule has 2 rings (SSSR count). The van der Waals surface area contributed by atoms with E-state index in [1.807, 2.05) is 0 Å². The molecule has 29 heavy (non-hydrogen) atoms. The van der Waals surface area contributed by atoms with Crippen molar-refractivity contribution >= 4 is 23.6 Å². The maximum Gasteiger partial charge on any atom is 0.324 e. The van der Waals surface area contributed by atoms with Gasteiger partial charge in [0.25, 0.3) is 11.6 Å². The van der Waals surface area contributed by atoms with Crippen LogP contribution in [-0.4, -0.2) is 50.5 Å². The van der Waals surface area contributed by atoms with E-state index in [0.29, 0.717) is 24.8 Å². The van der Waals surface area contributed by atoms with Crippen LogP contribution < -0.4 is 5.32 Å². The summed E-state index contributed by atoms with van der Waals surface area (Å²) in [6, 6.07) is 4.43. The van der Waals surface area contributed by atoms with Crippen molar-refractivity contribution in [3.8, 4) is 0 Å². The third-order valence-corrected chi connectivity index (χ3v) is 4.92. The Morgan fingerprint density at radius 2 is 1.83 bits per heavy atom. The molecule has 2 unspecified atom stereocenters. The summed E-state index contributed by atoms with van der Waals surface area (Å²) in [7, 11) is 0. The number of aliphatic hydroxyl groups is 1. The minimum Gasteiger partial charge on any atom is -0.481 e. The van der Waals surface area contributed by atoms with Crippen LogP contribution in [0.1, 0.15) is 56.6 Å². The number of non-ortho nitro benzene ring substituents is 1. The summed E-state index contributed by atoms with van der Waals surface area (Å²) in [4.78, 5) is 46.1. The van der Waals surface area contributed by atoms with Gasteiger partial charge in [0.1, 0.15) is 6.04 Å². The molecule has 0 saturated carbocycles. The molecule has 0 bridgehead atoms. The van der Waals surface area contributed by atoms with E-state index in [1.165, 1.54) is 29.2 Å². The number of nitro groups is 1. The standard InChI is InChI=1S/C19H25N3O7/c23-16(13-7-9-14(10-8-13)22(28)29)11-12-21-15(18(26)20-19(21)27)5-3-1-2-4-6-17(24)25/h7-10,15-16,23H,1-6,11-12H2,(H,24,25)(H,20,26,27). The lowest BCUT2D eigenvalue weighted by molar-refractivity contribution is -0.384. The predicted octanol–water partition coefficient (Wildman–Crippen LogP) is 2.36. The van der Waals surface area contributed by atoms with Crippen LogP contribution in [0.2, 0.25) is 0 Å². The fourth-order valence-electron chi connectivity index (χ4n) is 3.30. The monoisotopic (exact) mass is 407 g/mol. The van der Waals surface area contributed by atoms with Crippen LogP contribution in [0.3, 0.4) is 0 Å². The van der Waals surface area contributed by atoms with Gasteiger partial charge in [0.2, 0.25) is 0 Å². The Morgan fingerprint density at radius 1 is 1.17 bits per heavy atom. The lowest BCUT2D eigenvalue weighted by Gasteiger charge is -2.23. The maximum atomic E-state index is 12.0. The fourth-order valence-corrected chi connectivity index (χ4v) is 3.30. The molecule has 0 spiro atoms. The molecular weight excluding hydrogens is 382 g/mol. The molecule has 0 aliphatic carbocycles. The molecular formula is C19H25N3O7. The number of carboxylic acids is 1. The van der Waals surface area contributed by atoms with Gasteiger partial charge < -0.3 is 15.1 Å². The quantitative estimate of drug-likeness (QED) is 0.208. The van der Waals surface area contributed by atoms with Crippen LogP contribution in [0.4, 0.5) is 10.5 Å². The van der Waals surface area contributed by atoms with Gasteiger partial charge in [-0.05, 0) is 37.0 Å². The predicted molar refractivity (Wildman–Crippen MR) is 102 cm³/mol. The molecule has 1 aromatic rings. The third kappa shape index (κ3) is 6.53. The number of aliphatic carboxylic acids is 1. The average Bonchev–Trinajstić information content (AvgIpc) is 2.95. The minimum absolute atomic E-state index is 0.0751. The van der Waals surface area contributed by atoms with E-state index in [4.69, 9.17) is 5.11 Å². The third-order valence-electron chi connectivity index (χ3n) is 4.92. The molecule has 3 amide bonds. The number of carboxylic acid groups (broad SMARTS) is 1. The molecule has 0 aromatic heterocycles. The number of carbonyl (C=O) groups is 3. The molecule has 10 heteroatoms. The molecule has 3 N–H and O–H groups in total. The molecule has 1 aliphatic rings. The number of hydrogen-bond acceptors (Lipinski definition) is 6. The summed E-state index contributed by atoms with van der Waals surface area (Å²) in [5.74, 6) is -1.20. The van der Waals surface area contributed by atoms with Gasteiger partial charge in [-0.1, -0.05) is 19.3 Å². The number of nitrogens with zero attached hydrogens (tertiary/aromatic N) is 2. The van der Waals surface area contributed by atoms with E-state index in [2.05, 4.69) is 5.32 Å². The second-order valence-corrected chi connectivity index (χ2v) is 7.00. The van der Waals surface area contributed by atoms with E-state index in [-0.39, 0.29) is 31.0 Å². The molecule has 1 fully saturated rings. The van der Waals surface area contributed by atoms with Crippen molar-refractivity contribution < 1.29 is 29.5 Å². The number of hydrogen-bond donors (Lipinski definition) is 3. The summed E-state index contributed by atoms with van der Waals surface area (Å²) in [6.07, 6.45) is 2.64. The first-order valence-electron chi connectivity index (χ1n) is 9.55. The van der Waals surface area contributed by atoms with E-state index in [9.17, 15) is 29.6 Å². The zero-order valence-electron chi connectivity index (χ0n) is 16.0. The average molecular weight is 407 g/mol. The van der Waals surface area contributed by atoms with Crippen molar-refractivity contribution in [2.75, 3.05) is 6.54 Å².